The second-order valence-corrected chi connectivity index (χ2v) is 10.5. The Labute approximate surface area is 207 Å². The maximum atomic E-state index is 12.9. The standard InChI is InChI=1S/C28H35N3O4/c1-17-13-19(14-18(2)24(17)35-28(6,7)26(33)34)16-29-25(32)23-15-22(30-31(23)8)20-9-11-21(12-10-20)27(3,4)5/h9-15H,16H2,1-8H3,(H,29,32)(H,33,34). The fourth-order valence-electron chi connectivity index (χ4n) is 3.84. The van der Waals surface area contributed by atoms with Gasteiger partial charge in [0.1, 0.15) is 11.4 Å². The van der Waals surface area contributed by atoms with Crippen molar-refractivity contribution in [3.05, 3.63) is 70.4 Å². The Bertz CT molecular complexity index is 1230. The molecule has 0 radical (unpaired) electrons. The molecule has 0 aliphatic rings. The van der Waals surface area contributed by atoms with Gasteiger partial charge in [0.15, 0.2) is 5.60 Å². The van der Waals surface area contributed by atoms with Crippen molar-refractivity contribution in [2.45, 2.75) is 66.0 Å². The molecule has 0 saturated heterocycles. The van der Waals surface area contributed by atoms with E-state index in [1.807, 2.05) is 38.1 Å². The van der Waals surface area contributed by atoms with Gasteiger partial charge < -0.3 is 15.2 Å². The molecule has 0 atom stereocenters. The summed E-state index contributed by atoms with van der Waals surface area (Å²) in [5.74, 6) is -0.713. The molecule has 2 aromatic carbocycles. The number of benzene rings is 2. The summed E-state index contributed by atoms with van der Waals surface area (Å²) < 4.78 is 7.35. The van der Waals surface area contributed by atoms with E-state index in [0.717, 1.165) is 27.9 Å². The van der Waals surface area contributed by atoms with Crippen LogP contribution in [-0.2, 0) is 23.8 Å². The highest BCUT2D eigenvalue weighted by Crippen LogP contribution is 2.29. The van der Waals surface area contributed by atoms with Crippen LogP contribution in [-0.4, -0.2) is 32.4 Å². The number of nitrogens with zero attached hydrogens (tertiary/aromatic N) is 2. The quantitative estimate of drug-likeness (QED) is 0.489. The van der Waals surface area contributed by atoms with Crippen molar-refractivity contribution in [2.24, 2.45) is 7.05 Å². The molecule has 0 aliphatic carbocycles. The average molecular weight is 478 g/mol. The number of carbonyl (C=O) groups excluding carboxylic acids is 1. The lowest BCUT2D eigenvalue weighted by Crippen LogP contribution is -2.38. The van der Waals surface area contributed by atoms with Crippen LogP contribution in [0, 0.1) is 13.8 Å². The van der Waals surface area contributed by atoms with Crippen molar-refractivity contribution in [3.63, 3.8) is 0 Å². The molecule has 0 aliphatic heterocycles. The molecule has 3 rings (SSSR count). The van der Waals surface area contributed by atoms with E-state index in [1.165, 1.54) is 19.4 Å². The van der Waals surface area contributed by atoms with Crippen molar-refractivity contribution >= 4 is 11.9 Å². The second kappa shape index (κ2) is 9.56. The third-order valence-corrected chi connectivity index (χ3v) is 6.00. The predicted molar refractivity (Wildman–Crippen MR) is 137 cm³/mol. The van der Waals surface area contributed by atoms with E-state index in [4.69, 9.17) is 4.74 Å². The zero-order valence-electron chi connectivity index (χ0n) is 21.8. The molecular weight excluding hydrogens is 442 g/mol. The van der Waals surface area contributed by atoms with Crippen LogP contribution in [0.5, 0.6) is 5.75 Å². The number of aryl methyl sites for hydroxylation is 3. The van der Waals surface area contributed by atoms with Crippen LogP contribution in [0.25, 0.3) is 11.3 Å². The monoisotopic (exact) mass is 477 g/mol. The summed E-state index contributed by atoms with van der Waals surface area (Å²) in [6.07, 6.45) is 0. The molecule has 2 N–H and O–H groups in total. The number of aromatic nitrogens is 2. The minimum absolute atomic E-state index is 0.0706. The Balaban J connectivity index is 1.72. The third kappa shape index (κ3) is 5.91. The molecule has 0 unspecified atom stereocenters. The number of ether oxygens (including phenoxy) is 1. The zero-order valence-corrected chi connectivity index (χ0v) is 21.8. The number of hydrogen-bond donors (Lipinski definition) is 2. The van der Waals surface area contributed by atoms with Crippen LogP contribution >= 0.6 is 0 Å². The molecule has 0 bridgehead atoms. The lowest BCUT2D eigenvalue weighted by atomic mass is 9.86. The van der Waals surface area contributed by atoms with Gasteiger partial charge in [0.25, 0.3) is 5.91 Å². The summed E-state index contributed by atoms with van der Waals surface area (Å²) in [4.78, 5) is 24.3. The first-order valence-corrected chi connectivity index (χ1v) is 11.6. The van der Waals surface area contributed by atoms with Gasteiger partial charge in [-0.15, -0.1) is 0 Å². The number of hydrogen-bond acceptors (Lipinski definition) is 4. The lowest BCUT2D eigenvalue weighted by Gasteiger charge is -2.24. The fraction of sp³-hybridized carbons (Fsp3) is 0.393. The molecule has 7 nitrogen and oxygen atoms in total. The number of carboxylic acids is 1. The molecule has 1 amide bonds. The van der Waals surface area contributed by atoms with Crippen LogP contribution in [0.15, 0.2) is 42.5 Å². The van der Waals surface area contributed by atoms with Gasteiger partial charge in [-0.05, 0) is 61.4 Å². The number of nitrogens with one attached hydrogen (secondary N) is 1. The van der Waals surface area contributed by atoms with Gasteiger partial charge in [0.2, 0.25) is 0 Å². The molecule has 0 spiro atoms. The molecular formula is C28H35N3O4. The number of carboxylic acid groups (broad SMARTS) is 1. The smallest absolute Gasteiger partial charge is 0.347 e. The van der Waals surface area contributed by atoms with E-state index in [2.05, 4.69) is 43.3 Å². The van der Waals surface area contributed by atoms with Crippen LogP contribution in [0.4, 0.5) is 0 Å². The van der Waals surface area contributed by atoms with E-state index in [0.29, 0.717) is 18.0 Å². The van der Waals surface area contributed by atoms with E-state index in [1.54, 1.807) is 17.8 Å². The topological polar surface area (TPSA) is 93.5 Å². The van der Waals surface area contributed by atoms with Crippen molar-refractivity contribution in [1.29, 1.82) is 0 Å². The molecule has 3 aromatic rings. The normalized spacial score (nSPS) is 11.9. The Morgan fingerprint density at radius 1 is 1.00 bits per heavy atom. The first kappa shape index (κ1) is 26.0. The molecule has 1 aromatic heterocycles. The molecule has 35 heavy (non-hydrogen) atoms. The molecule has 1 heterocycles. The highest BCUT2D eigenvalue weighted by atomic mass is 16.5. The van der Waals surface area contributed by atoms with Crippen LogP contribution in [0.2, 0.25) is 0 Å². The van der Waals surface area contributed by atoms with E-state index in [-0.39, 0.29) is 11.3 Å². The van der Waals surface area contributed by atoms with Crippen molar-refractivity contribution in [1.82, 2.24) is 15.1 Å². The van der Waals surface area contributed by atoms with Gasteiger partial charge in [-0.25, -0.2) is 4.79 Å². The van der Waals surface area contributed by atoms with Gasteiger partial charge in [-0.1, -0.05) is 57.2 Å². The molecule has 186 valence electrons. The minimum Gasteiger partial charge on any atom is -0.478 e. The molecule has 7 heteroatoms. The summed E-state index contributed by atoms with van der Waals surface area (Å²) in [5, 5.41) is 16.8. The predicted octanol–water partition coefficient (Wildman–Crippen LogP) is 5.17. The van der Waals surface area contributed by atoms with Crippen LogP contribution < -0.4 is 10.1 Å². The Morgan fingerprint density at radius 3 is 2.09 bits per heavy atom. The highest BCUT2D eigenvalue weighted by molar-refractivity contribution is 5.93. The van der Waals surface area contributed by atoms with Gasteiger partial charge in [0.05, 0.1) is 5.69 Å². The van der Waals surface area contributed by atoms with E-state index >= 15 is 0 Å². The Hall–Kier alpha value is -3.61. The fourth-order valence-corrected chi connectivity index (χ4v) is 3.84. The third-order valence-electron chi connectivity index (χ3n) is 6.00. The summed E-state index contributed by atoms with van der Waals surface area (Å²) >= 11 is 0. The Morgan fingerprint density at radius 2 is 1.57 bits per heavy atom. The highest BCUT2D eigenvalue weighted by Gasteiger charge is 2.30. The van der Waals surface area contributed by atoms with Crippen molar-refractivity contribution in [2.75, 3.05) is 0 Å². The molecule has 0 saturated carbocycles. The van der Waals surface area contributed by atoms with Gasteiger partial charge in [0, 0.05) is 19.2 Å². The second-order valence-electron chi connectivity index (χ2n) is 10.5. The number of rotatable bonds is 7. The maximum Gasteiger partial charge on any atom is 0.347 e. The summed E-state index contributed by atoms with van der Waals surface area (Å²) in [6.45, 7) is 13.6. The van der Waals surface area contributed by atoms with Crippen molar-refractivity contribution < 1.29 is 19.4 Å². The van der Waals surface area contributed by atoms with Gasteiger partial charge >= 0.3 is 5.97 Å². The van der Waals surface area contributed by atoms with Gasteiger partial charge in [-0.2, -0.15) is 5.10 Å². The largest absolute Gasteiger partial charge is 0.478 e. The summed E-state index contributed by atoms with van der Waals surface area (Å²) in [5.41, 5.74) is 4.66. The van der Waals surface area contributed by atoms with E-state index < -0.39 is 11.6 Å². The zero-order chi connectivity index (χ0) is 26.1. The van der Waals surface area contributed by atoms with Gasteiger partial charge in [-0.3, -0.25) is 9.48 Å². The minimum atomic E-state index is -1.34. The summed E-state index contributed by atoms with van der Waals surface area (Å²) in [7, 11) is 1.76. The first-order chi connectivity index (χ1) is 16.2. The molecule has 0 fully saturated rings. The maximum absolute atomic E-state index is 12.9. The Kier molecular flexibility index (Phi) is 7.11. The van der Waals surface area contributed by atoms with Crippen molar-refractivity contribution in [3.8, 4) is 17.0 Å². The SMILES string of the molecule is Cc1cc(CNC(=O)c2cc(-c3ccc(C(C)(C)C)cc3)nn2C)cc(C)c1OC(C)(C)C(=O)O. The number of aliphatic carboxylic acids is 1. The number of amides is 1. The first-order valence-electron chi connectivity index (χ1n) is 11.6. The van der Waals surface area contributed by atoms with Crippen LogP contribution in [0.3, 0.4) is 0 Å². The van der Waals surface area contributed by atoms with E-state index in [9.17, 15) is 14.7 Å². The van der Waals surface area contributed by atoms with Crippen LogP contribution in [0.1, 0.15) is 67.4 Å². The summed E-state index contributed by atoms with van der Waals surface area (Å²) in [6, 6.07) is 13.8. The number of carbonyl (C=O) groups is 2. The lowest BCUT2D eigenvalue weighted by molar-refractivity contribution is -0.152. The average Bonchev–Trinajstić information content (AvgIpc) is 3.15.